The number of carbonyl (C=O) groups excluding carboxylic acids is 1. The molecule has 3 nitrogen and oxygen atoms in total. The van der Waals surface area contributed by atoms with E-state index in [0.717, 1.165) is 5.75 Å². The summed E-state index contributed by atoms with van der Waals surface area (Å²) in [4.78, 5) is 11.9. The van der Waals surface area contributed by atoms with Crippen molar-refractivity contribution in [1.82, 2.24) is 0 Å². The fourth-order valence-corrected chi connectivity index (χ4v) is 2.63. The maximum absolute atomic E-state index is 11.9. The zero-order valence-electron chi connectivity index (χ0n) is 13.8. The van der Waals surface area contributed by atoms with Crippen LogP contribution in [0.5, 0.6) is 5.75 Å². The largest absolute Gasteiger partial charge is 0.494 e. The summed E-state index contributed by atoms with van der Waals surface area (Å²) >= 11 is 11.9. The fraction of sp³-hybridized carbons (Fsp3) is 0.316. The van der Waals surface area contributed by atoms with Gasteiger partial charge in [0.05, 0.1) is 17.3 Å². The van der Waals surface area contributed by atoms with Crippen LogP contribution < -0.4 is 10.1 Å². The number of ether oxygens (including phenoxy) is 1. The van der Waals surface area contributed by atoms with Crippen LogP contribution in [-0.2, 0) is 4.79 Å². The van der Waals surface area contributed by atoms with Crippen molar-refractivity contribution >= 4 is 34.8 Å². The molecular weight excluding hydrogens is 345 g/mol. The van der Waals surface area contributed by atoms with Gasteiger partial charge in [0.2, 0.25) is 5.91 Å². The highest BCUT2D eigenvalue weighted by atomic mass is 35.5. The number of hydrogen-bond donors (Lipinski definition) is 1. The zero-order valence-corrected chi connectivity index (χ0v) is 15.3. The molecule has 0 spiro atoms. The maximum atomic E-state index is 11.9. The van der Waals surface area contributed by atoms with E-state index in [1.165, 1.54) is 5.56 Å². The molecule has 24 heavy (non-hydrogen) atoms. The van der Waals surface area contributed by atoms with E-state index in [9.17, 15) is 4.79 Å². The van der Waals surface area contributed by atoms with Gasteiger partial charge in [0, 0.05) is 11.4 Å². The normalized spacial score (nSPS) is 10.7. The van der Waals surface area contributed by atoms with Gasteiger partial charge in [-0.05, 0) is 48.2 Å². The van der Waals surface area contributed by atoms with Gasteiger partial charge < -0.3 is 10.1 Å². The molecule has 0 radical (unpaired) electrons. The van der Waals surface area contributed by atoms with Crippen LogP contribution in [0.4, 0.5) is 5.69 Å². The van der Waals surface area contributed by atoms with Crippen molar-refractivity contribution in [2.24, 2.45) is 0 Å². The van der Waals surface area contributed by atoms with Crippen LogP contribution in [0.3, 0.4) is 0 Å². The molecule has 2 aromatic rings. The van der Waals surface area contributed by atoms with E-state index in [1.54, 1.807) is 18.2 Å². The van der Waals surface area contributed by atoms with Crippen LogP contribution in [0.2, 0.25) is 10.0 Å². The van der Waals surface area contributed by atoms with E-state index in [1.807, 2.05) is 12.1 Å². The highest BCUT2D eigenvalue weighted by Crippen LogP contribution is 2.25. The lowest BCUT2D eigenvalue weighted by atomic mass is 10.0. The highest BCUT2D eigenvalue weighted by molar-refractivity contribution is 6.36. The second kappa shape index (κ2) is 8.95. The minimum absolute atomic E-state index is 0.0991. The number of nitrogens with one attached hydrogen (secondary N) is 1. The monoisotopic (exact) mass is 365 g/mol. The summed E-state index contributed by atoms with van der Waals surface area (Å²) in [5.74, 6) is 1.22. The zero-order chi connectivity index (χ0) is 17.5. The predicted octanol–water partition coefficient (Wildman–Crippen LogP) is 5.91. The average molecular weight is 366 g/mol. The molecule has 2 aromatic carbocycles. The minimum atomic E-state index is -0.0991. The first kappa shape index (κ1) is 18.6. The average Bonchev–Trinajstić information content (AvgIpc) is 2.55. The van der Waals surface area contributed by atoms with Gasteiger partial charge in [0.15, 0.2) is 0 Å². The van der Waals surface area contributed by atoms with Crippen LogP contribution in [0.15, 0.2) is 42.5 Å². The minimum Gasteiger partial charge on any atom is -0.494 e. The Hall–Kier alpha value is -1.71. The van der Waals surface area contributed by atoms with E-state index in [2.05, 4.69) is 31.3 Å². The summed E-state index contributed by atoms with van der Waals surface area (Å²) in [6.45, 7) is 4.80. The molecule has 0 saturated carbocycles. The Morgan fingerprint density at radius 3 is 2.46 bits per heavy atom. The molecule has 0 unspecified atom stereocenters. The second-order valence-electron chi connectivity index (χ2n) is 5.85. The number of hydrogen-bond acceptors (Lipinski definition) is 2. The number of benzene rings is 2. The van der Waals surface area contributed by atoms with Crippen molar-refractivity contribution in [3.05, 3.63) is 58.1 Å². The summed E-state index contributed by atoms with van der Waals surface area (Å²) in [7, 11) is 0. The van der Waals surface area contributed by atoms with Gasteiger partial charge >= 0.3 is 0 Å². The van der Waals surface area contributed by atoms with Crippen molar-refractivity contribution in [3.63, 3.8) is 0 Å². The van der Waals surface area contributed by atoms with Gasteiger partial charge in [-0.2, -0.15) is 0 Å². The molecule has 2 rings (SSSR count). The van der Waals surface area contributed by atoms with Crippen molar-refractivity contribution < 1.29 is 9.53 Å². The van der Waals surface area contributed by atoms with Crippen LogP contribution in [0, 0.1) is 0 Å². The van der Waals surface area contributed by atoms with E-state index in [4.69, 9.17) is 27.9 Å². The molecule has 0 atom stereocenters. The van der Waals surface area contributed by atoms with Crippen LogP contribution in [-0.4, -0.2) is 12.5 Å². The topological polar surface area (TPSA) is 38.3 Å². The van der Waals surface area contributed by atoms with Gasteiger partial charge in [-0.3, -0.25) is 4.79 Å². The van der Waals surface area contributed by atoms with Crippen LogP contribution in [0.1, 0.15) is 38.2 Å². The van der Waals surface area contributed by atoms with Crippen molar-refractivity contribution in [3.8, 4) is 5.75 Å². The first-order valence-electron chi connectivity index (χ1n) is 7.93. The lowest BCUT2D eigenvalue weighted by Crippen LogP contribution is -2.13. The molecule has 128 valence electrons. The Morgan fingerprint density at radius 2 is 1.83 bits per heavy atom. The number of carbonyl (C=O) groups is 1. The Labute approximate surface area is 152 Å². The number of halogens is 2. The molecule has 1 amide bonds. The lowest BCUT2D eigenvalue weighted by Gasteiger charge is -2.10. The van der Waals surface area contributed by atoms with Crippen molar-refractivity contribution in [1.29, 1.82) is 0 Å². The van der Waals surface area contributed by atoms with Gasteiger partial charge in [-0.15, -0.1) is 0 Å². The SMILES string of the molecule is CC(C)c1ccc(OCCCC(=O)Nc2ccc(Cl)cc2Cl)cc1. The van der Waals surface area contributed by atoms with E-state index >= 15 is 0 Å². The second-order valence-corrected chi connectivity index (χ2v) is 6.69. The highest BCUT2D eigenvalue weighted by Gasteiger charge is 2.06. The third-order valence-corrected chi connectivity index (χ3v) is 4.12. The predicted molar refractivity (Wildman–Crippen MR) is 100 cm³/mol. The molecule has 0 aliphatic carbocycles. The smallest absolute Gasteiger partial charge is 0.224 e. The molecule has 0 bridgehead atoms. The first-order valence-corrected chi connectivity index (χ1v) is 8.69. The van der Waals surface area contributed by atoms with Gasteiger partial charge in [0.1, 0.15) is 5.75 Å². The summed E-state index contributed by atoms with van der Waals surface area (Å²) in [5, 5.41) is 3.74. The van der Waals surface area contributed by atoms with Gasteiger partial charge in [-0.25, -0.2) is 0 Å². The van der Waals surface area contributed by atoms with E-state index < -0.39 is 0 Å². The van der Waals surface area contributed by atoms with E-state index in [0.29, 0.717) is 41.1 Å². The lowest BCUT2D eigenvalue weighted by molar-refractivity contribution is -0.116. The summed E-state index contributed by atoms with van der Waals surface area (Å²) < 4.78 is 5.66. The van der Waals surface area contributed by atoms with Crippen LogP contribution >= 0.6 is 23.2 Å². The molecule has 5 heteroatoms. The molecule has 0 aliphatic heterocycles. The molecule has 0 saturated heterocycles. The molecule has 0 fully saturated rings. The quantitative estimate of drug-likeness (QED) is 0.618. The van der Waals surface area contributed by atoms with Gasteiger partial charge in [-0.1, -0.05) is 49.2 Å². The van der Waals surface area contributed by atoms with Crippen molar-refractivity contribution in [2.45, 2.75) is 32.6 Å². The number of rotatable bonds is 7. The molecule has 0 aromatic heterocycles. The van der Waals surface area contributed by atoms with Gasteiger partial charge in [0.25, 0.3) is 0 Å². The summed E-state index contributed by atoms with van der Waals surface area (Å²) in [6.07, 6.45) is 0.992. The number of amides is 1. The molecule has 0 heterocycles. The van der Waals surface area contributed by atoms with Crippen LogP contribution in [0.25, 0.3) is 0 Å². The Morgan fingerprint density at radius 1 is 1.12 bits per heavy atom. The summed E-state index contributed by atoms with van der Waals surface area (Å²) in [6, 6.07) is 13.0. The first-order chi connectivity index (χ1) is 11.5. The third-order valence-electron chi connectivity index (χ3n) is 3.57. The summed E-state index contributed by atoms with van der Waals surface area (Å²) in [5.41, 5.74) is 1.85. The molecule has 1 N–H and O–H groups in total. The maximum Gasteiger partial charge on any atom is 0.224 e. The molecular formula is C19H21Cl2NO2. The fourth-order valence-electron chi connectivity index (χ4n) is 2.18. The standard InChI is InChI=1S/C19H21Cl2NO2/c1-13(2)14-5-8-16(9-6-14)24-11-3-4-19(23)22-18-10-7-15(20)12-17(18)21/h5-10,12-13H,3-4,11H2,1-2H3,(H,22,23). The Kier molecular flexibility index (Phi) is 6.95. The van der Waals surface area contributed by atoms with Crippen molar-refractivity contribution in [2.75, 3.05) is 11.9 Å². The Bertz CT molecular complexity index is 684. The third kappa shape index (κ3) is 5.73. The van der Waals surface area contributed by atoms with E-state index in [-0.39, 0.29) is 5.91 Å². The number of anilines is 1. The Balaban J connectivity index is 1.72. The molecule has 0 aliphatic rings.